The van der Waals surface area contributed by atoms with E-state index in [2.05, 4.69) is 5.32 Å². The van der Waals surface area contributed by atoms with Crippen molar-refractivity contribution >= 4 is 11.6 Å². The molecule has 1 unspecified atom stereocenters. The van der Waals surface area contributed by atoms with Crippen molar-refractivity contribution in [2.45, 2.75) is 31.8 Å². The van der Waals surface area contributed by atoms with Crippen molar-refractivity contribution in [3.05, 3.63) is 29.8 Å². The van der Waals surface area contributed by atoms with E-state index in [-0.39, 0.29) is 18.1 Å². The van der Waals surface area contributed by atoms with E-state index < -0.39 is 17.2 Å². The van der Waals surface area contributed by atoms with E-state index in [1.165, 1.54) is 6.07 Å². The zero-order valence-electron chi connectivity index (χ0n) is 12.0. The summed E-state index contributed by atoms with van der Waals surface area (Å²) in [6.45, 7) is 3.26. The molecule has 4 nitrogen and oxygen atoms in total. The number of amides is 1. The second-order valence-electron chi connectivity index (χ2n) is 5.80. The Labute approximate surface area is 122 Å². The number of halogens is 2. The van der Waals surface area contributed by atoms with Gasteiger partial charge in [0.1, 0.15) is 11.6 Å². The third-order valence-corrected chi connectivity index (χ3v) is 3.73. The summed E-state index contributed by atoms with van der Waals surface area (Å²) in [5.41, 5.74) is -0.711. The van der Waals surface area contributed by atoms with Crippen molar-refractivity contribution in [3.8, 4) is 0 Å². The topological polar surface area (TPSA) is 52.6 Å². The van der Waals surface area contributed by atoms with Crippen molar-refractivity contribution in [1.29, 1.82) is 0 Å². The van der Waals surface area contributed by atoms with E-state index in [4.69, 9.17) is 0 Å². The number of hydrogen-bond acceptors (Lipinski definition) is 3. The van der Waals surface area contributed by atoms with Crippen LogP contribution < -0.4 is 5.32 Å². The lowest BCUT2D eigenvalue weighted by Gasteiger charge is -2.22. The lowest BCUT2D eigenvalue weighted by Crippen LogP contribution is -2.35. The molecular formula is C15H20F2N2O2. The van der Waals surface area contributed by atoms with Gasteiger partial charge in [0.15, 0.2) is 0 Å². The van der Waals surface area contributed by atoms with Gasteiger partial charge in [-0.2, -0.15) is 0 Å². The molecule has 6 heteroatoms. The van der Waals surface area contributed by atoms with Crippen molar-refractivity contribution < 1.29 is 18.7 Å². The minimum atomic E-state index is -0.790. The van der Waals surface area contributed by atoms with Crippen LogP contribution in [0.4, 0.5) is 14.5 Å². The largest absolute Gasteiger partial charge is 0.390 e. The van der Waals surface area contributed by atoms with Gasteiger partial charge in [0, 0.05) is 12.6 Å². The average molecular weight is 298 g/mol. The van der Waals surface area contributed by atoms with E-state index in [1.807, 2.05) is 4.90 Å². The number of hydrogen-bond donors (Lipinski definition) is 2. The molecule has 0 saturated carbocycles. The van der Waals surface area contributed by atoms with E-state index >= 15 is 0 Å². The first-order valence-electron chi connectivity index (χ1n) is 7.05. The molecule has 2 rings (SSSR count). The number of nitrogens with zero attached hydrogens (tertiary/aromatic N) is 1. The first-order chi connectivity index (χ1) is 9.85. The fraction of sp³-hybridized carbons (Fsp3) is 0.533. The summed E-state index contributed by atoms with van der Waals surface area (Å²) in [5.74, 6) is -1.82. The number of benzene rings is 1. The van der Waals surface area contributed by atoms with Crippen LogP contribution >= 0.6 is 0 Å². The summed E-state index contributed by atoms with van der Waals surface area (Å²) in [6, 6.07) is 3.04. The van der Waals surface area contributed by atoms with Gasteiger partial charge < -0.3 is 10.4 Å². The van der Waals surface area contributed by atoms with Gasteiger partial charge in [-0.1, -0.05) is 0 Å². The predicted molar refractivity (Wildman–Crippen MR) is 75.9 cm³/mol. The van der Waals surface area contributed by atoms with Gasteiger partial charge in [0.25, 0.3) is 0 Å². The van der Waals surface area contributed by atoms with Gasteiger partial charge in [0.05, 0.1) is 17.8 Å². The van der Waals surface area contributed by atoms with Crippen molar-refractivity contribution in [3.63, 3.8) is 0 Å². The van der Waals surface area contributed by atoms with E-state index in [1.54, 1.807) is 6.92 Å². The molecule has 1 aliphatic rings. The van der Waals surface area contributed by atoms with Gasteiger partial charge in [-0.05, 0) is 44.9 Å². The van der Waals surface area contributed by atoms with Crippen LogP contribution in [-0.4, -0.2) is 41.1 Å². The second kappa shape index (κ2) is 6.49. The molecule has 1 fully saturated rings. The number of carbonyl (C=O) groups excluding carboxylic acids is 1. The maximum Gasteiger partial charge on any atom is 0.238 e. The molecule has 1 aromatic carbocycles. The summed E-state index contributed by atoms with van der Waals surface area (Å²) in [4.78, 5) is 13.8. The zero-order valence-corrected chi connectivity index (χ0v) is 12.0. The highest BCUT2D eigenvalue weighted by Gasteiger charge is 2.25. The fourth-order valence-electron chi connectivity index (χ4n) is 2.46. The van der Waals surface area contributed by atoms with Crippen LogP contribution in [0, 0.1) is 11.6 Å². The lowest BCUT2D eigenvalue weighted by molar-refractivity contribution is -0.117. The summed E-state index contributed by atoms with van der Waals surface area (Å²) >= 11 is 0. The molecule has 1 atom stereocenters. The SMILES string of the molecule is CC1(O)CCCN(CC(=O)Nc2ccc(F)cc2F)CC1. The van der Waals surface area contributed by atoms with Gasteiger partial charge in [-0.15, -0.1) is 0 Å². The summed E-state index contributed by atoms with van der Waals surface area (Å²) in [7, 11) is 0. The van der Waals surface area contributed by atoms with Crippen molar-refractivity contribution in [1.82, 2.24) is 4.90 Å². The minimum absolute atomic E-state index is 0.0248. The number of aliphatic hydroxyl groups is 1. The van der Waals surface area contributed by atoms with Crippen LogP contribution in [0.1, 0.15) is 26.2 Å². The molecule has 1 aliphatic heterocycles. The first kappa shape index (κ1) is 15.9. The summed E-state index contributed by atoms with van der Waals surface area (Å²) in [5, 5.41) is 12.4. The van der Waals surface area contributed by atoms with Crippen LogP contribution in [0.2, 0.25) is 0 Å². The maximum atomic E-state index is 13.5. The Morgan fingerprint density at radius 1 is 1.38 bits per heavy atom. The Bertz CT molecular complexity index is 520. The average Bonchev–Trinajstić information content (AvgIpc) is 2.54. The number of carbonyl (C=O) groups is 1. The number of likely N-dealkylation sites (tertiary alicyclic amines) is 1. The molecule has 116 valence electrons. The number of nitrogens with one attached hydrogen (secondary N) is 1. The van der Waals surface area contributed by atoms with Crippen LogP contribution in [0.5, 0.6) is 0 Å². The van der Waals surface area contributed by atoms with Crippen molar-refractivity contribution in [2.24, 2.45) is 0 Å². The third kappa shape index (κ3) is 4.75. The second-order valence-corrected chi connectivity index (χ2v) is 5.80. The van der Waals surface area contributed by atoms with E-state index in [0.29, 0.717) is 19.4 Å². The first-order valence-corrected chi connectivity index (χ1v) is 7.05. The monoisotopic (exact) mass is 298 g/mol. The minimum Gasteiger partial charge on any atom is -0.390 e. The highest BCUT2D eigenvalue weighted by molar-refractivity contribution is 5.92. The predicted octanol–water partition coefficient (Wildman–Crippen LogP) is 2.14. The molecule has 1 saturated heterocycles. The van der Waals surface area contributed by atoms with Gasteiger partial charge in [0.2, 0.25) is 5.91 Å². The molecule has 2 N–H and O–H groups in total. The fourth-order valence-corrected chi connectivity index (χ4v) is 2.46. The molecule has 1 aromatic rings. The smallest absolute Gasteiger partial charge is 0.238 e. The van der Waals surface area contributed by atoms with Crippen LogP contribution in [0.15, 0.2) is 18.2 Å². The third-order valence-electron chi connectivity index (χ3n) is 3.73. The molecule has 1 heterocycles. The quantitative estimate of drug-likeness (QED) is 0.899. The highest BCUT2D eigenvalue weighted by Crippen LogP contribution is 2.21. The molecule has 1 amide bonds. The Balaban J connectivity index is 1.89. The molecule has 0 radical (unpaired) electrons. The summed E-state index contributed by atoms with van der Waals surface area (Å²) < 4.78 is 26.2. The van der Waals surface area contributed by atoms with E-state index in [9.17, 15) is 18.7 Å². The highest BCUT2D eigenvalue weighted by atomic mass is 19.1. The molecule has 0 bridgehead atoms. The zero-order chi connectivity index (χ0) is 15.5. The Morgan fingerprint density at radius 2 is 2.14 bits per heavy atom. The molecule has 0 aromatic heterocycles. The Kier molecular flexibility index (Phi) is 4.90. The Hall–Kier alpha value is -1.53. The molecular weight excluding hydrogens is 278 g/mol. The van der Waals surface area contributed by atoms with Gasteiger partial charge in [-0.25, -0.2) is 8.78 Å². The van der Waals surface area contributed by atoms with Crippen LogP contribution in [-0.2, 0) is 4.79 Å². The van der Waals surface area contributed by atoms with Gasteiger partial charge >= 0.3 is 0 Å². The standard InChI is InChI=1S/C15H20F2N2O2/c1-15(21)5-2-7-19(8-6-15)10-14(20)18-13-4-3-11(16)9-12(13)17/h3-4,9,21H,2,5-8,10H2,1H3,(H,18,20). The van der Waals surface area contributed by atoms with Crippen molar-refractivity contribution in [2.75, 3.05) is 25.0 Å². The summed E-state index contributed by atoms with van der Waals surface area (Å²) in [6.07, 6.45) is 2.12. The van der Waals surface area contributed by atoms with E-state index in [0.717, 1.165) is 25.1 Å². The normalized spacial score (nSPS) is 23.6. The Morgan fingerprint density at radius 3 is 2.86 bits per heavy atom. The molecule has 0 aliphatic carbocycles. The number of rotatable bonds is 3. The lowest BCUT2D eigenvalue weighted by atomic mass is 9.98. The van der Waals surface area contributed by atoms with Gasteiger partial charge in [-0.3, -0.25) is 9.69 Å². The molecule has 0 spiro atoms. The van der Waals surface area contributed by atoms with Crippen LogP contribution in [0.3, 0.4) is 0 Å². The molecule has 21 heavy (non-hydrogen) atoms. The number of anilines is 1. The maximum absolute atomic E-state index is 13.5. The van der Waals surface area contributed by atoms with Crippen LogP contribution in [0.25, 0.3) is 0 Å².